The van der Waals surface area contributed by atoms with Crippen LogP contribution in [0.15, 0.2) is 24.3 Å². The topological polar surface area (TPSA) is 119 Å². The van der Waals surface area contributed by atoms with Crippen LogP contribution in [0.25, 0.3) is 0 Å². The van der Waals surface area contributed by atoms with E-state index in [1.165, 1.54) is 11.8 Å². The Hall–Kier alpha value is -2.45. The van der Waals surface area contributed by atoms with E-state index in [0.29, 0.717) is 17.9 Å². The Bertz CT molecular complexity index is 600. The van der Waals surface area contributed by atoms with Crippen molar-refractivity contribution in [2.75, 3.05) is 36.8 Å². The highest BCUT2D eigenvalue weighted by Crippen LogP contribution is 2.13. The van der Waals surface area contributed by atoms with Crippen LogP contribution in [-0.2, 0) is 14.4 Å². The quantitative estimate of drug-likeness (QED) is 0.349. The molecule has 0 saturated heterocycles. The molecular weight excluding hydrogens is 336 g/mol. The minimum atomic E-state index is -1.24. The standard InChI is InChI=1S/C18H28N4O4/c1-4-22(5-2)11-10-19-16(18(25)26)12-17(24)21-15-8-6-14(7-9-15)20-13(3)23/h6-9,16,19H,4-5,10-12H2,1-3H3,(H,20,23)(H,21,24)(H,25,26)/p+1/t16-/m0/s1. The lowest BCUT2D eigenvalue weighted by atomic mass is 10.2. The summed E-state index contributed by atoms with van der Waals surface area (Å²) in [6.07, 6.45) is -0.163. The number of anilines is 2. The first-order chi connectivity index (χ1) is 12.3. The Labute approximate surface area is 153 Å². The van der Waals surface area contributed by atoms with Crippen molar-refractivity contribution in [2.24, 2.45) is 0 Å². The van der Waals surface area contributed by atoms with Gasteiger partial charge in [0.1, 0.15) is 19.1 Å². The monoisotopic (exact) mass is 365 g/mol. The number of quaternary nitrogens is 2. The Kier molecular flexibility index (Phi) is 9.32. The molecule has 5 N–H and O–H groups in total. The minimum Gasteiger partial charge on any atom is -0.544 e. The highest BCUT2D eigenvalue weighted by Gasteiger charge is 2.19. The molecule has 1 aromatic carbocycles. The molecule has 0 aromatic heterocycles. The summed E-state index contributed by atoms with van der Waals surface area (Å²) in [6, 6.07) is 5.69. The average Bonchev–Trinajstić information content (AvgIpc) is 2.58. The van der Waals surface area contributed by atoms with Crippen molar-refractivity contribution in [3.05, 3.63) is 24.3 Å². The minimum absolute atomic E-state index is 0.163. The molecule has 0 heterocycles. The number of carboxylic acids is 1. The molecule has 0 aliphatic carbocycles. The summed E-state index contributed by atoms with van der Waals surface area (Å²) in [4.78, 5) is 35.7. The first kappa shape index (κ1) is 21.6. The van der Waals surface area contributed by atoms with E-state index in [1.54, 1.807) is 29.6 Å². The van der Waals surface area contributed by atoms with E-state index >= 15 is 0 Å². The van der Waals surface area contributed by atoms with Crippen LogP contribution in [0.1, 0.15) is 27.2 Å². The van der Waals surface area contributed by atoms with Gasteiger partial charge in [-0.25, -0.2) is 0 Å². The lowest BCUT2D eigenvalue weighted by molar-refractivity contribution is -0.910. The zero-order valence-corrected chi connectivity index (χ0v) is 15.6. The fraction of sp³-hybridized carbons (Fsp3) is 0.500. The van der Waals surface area contributed by atoms with Gasteiger partial charge in [0.15, 0.2) is 0 Å². The van der Waals surface area contributed by atoms with Crippen LogP contribution in [0.4, 0.5) is 11.4 Å². The zero-order valence-electron chi connectivity index (χ0n) is 15.6. The van der Waals surface area contributed by atoms with Crippen LogP contribution < -0.4 is 26.0 Å². The third-order valence-corrected chi connectivity index (χ3v) is 4.15. The fourth-order valence-electron chi connectivity index (χ4n) is 2.61. The van der Waals surface area contributed by atoms with Crippen LogP contribution in [0.5, 0.6) is 0 Å². The van der Waals surface area contributed by atoms with Gasteiger partial charge in [-0.3, -0.25) is 9.59 Å². The Morgan fingerprint density at radius 1 is 1.08 bits per heavy atom. The molecule has 0 aliphatic heterocycles. The van der Waals surface area contributed by atoms with E-state index in [2.05, 4.69) is 24.5 Å². The highest BCUT2D eigenvalue weighted by molar-refractivity contribution is 5.94. The molecule has 26 heavy (non-hydrogen) atoms. The fourth-order valence-corrected chi connectivity index (χ4v) is 2.61. The predicted octanol–water partition coefficient (Wildman–Crippen LogP) is -2.42. The Morgan fingerprint density at radius 2 is 1.62 bits per heavy atom. The molecule has 144 valence electrons. The van der Waals surface area contributed by atoms with Crippen molar-refractivity contribution in [3.8, 4) is 0 Å². The third kappa shape index (κ3) is 8.09. The maximum Gasteiger partial charge on any atom is 0.230 e. The summed E-state index contributed by atoms with van der Waals surface area (Å²) >= 11 is 0. The number of carbonyl (C=O) groups is 3. The number of nitrogens with two attached hydrogens (primary N) is 1. The van der Waals surface area contributed by atoms with Gasteiger partial charge < -0.3 is 30.8 Å². The maximum atomic E-state index is 12.1. The molecule has 8 heteroatoms. The van der Waals surface area contributed by atoms with Crippen molar-refractivity contribution < 1.29 is 29.7 Å². The Morgan fingerprint density at radius 3 is 2.08 bits per heavy atom. The second kappa shape index (κ2) is 11.2. The number of likely N-dealkylation sites (N-methyl/N-ethyl adjacent to an activating group) is 1. The van der Waals surface area contributed by atoms with Crippen molar-refractivity contribution in [2.45, 2.75) is 33.2 Å². The van der Waals surface area contributed by atoms with Crippen molar-refractivity contribution >= 4 is 29.2 Å². The smallest absolute Gasteiger partial charge is 0.230 e. The van der Waals surface area contributed by atoms with E-state index in [9.17, 15) is 19.5 Å². The number of carboxylic acid groups (broad SMARTS) is 1. The van der Waals surface area contributed by atoms with Gasteiger partial charge in [0, 0.05) is 18.3 Å². The summed E-state index contributed by atoms with van der Waals surface area (Å²) in [6.45, 7) is 9.00. The van der Waals surface area contributed by atoms with Gasteiger partial charge >= 0.3 is 0 Å². The van der Waals surface area contributed by atoms with Gasteiger partial charge in [0.2, 0.25) is 11.8 Å². The number of hydrogen-bond acceptors (Lipinski definition) is 4. The van der Waals surface area contributed by atoms with Crippen molar-refractivity contribution in [1.29, 1.82) is 0 Å². The highest BCUT2D eigenvalue weighted by atomic mass is 16.4. The number of amides is 2. The molecule has 1 rings (SSSR count). The number of nitrogens with one attached hydrogen (secondary N) is 3. The molecule has 0 fully saturated rings. The molecule has 0 bridgehead atoms. The average molecular weight is 365 g/mol. The summed E-state index contributed by atoms with van der Waals surface area (Å²) in [7, 11) is 0. The SMILES string of the molecule is CC[NH+](CC)CC[NH2+][C@@H](CC(=O)Nc1ccc(NC(C)=O)cc1)C(=O)[O-]. The number of aliphatic carboxylic acids is 1. The van der Waals surface area contributed by atoms with Crippen LogP contribution >= 0.6 is 0 Å². The van der Waals surface area contributed by atoms with Crippen LogP contribution in [0.3, 0.4) is 0 Å². The van der Waals surface area contributed by atoms with Gasteiger partial charge in [0.05, 0.1) is 25.5 Å². The zero-order chi connectivity index (χ0) is 19.5. The van der Waals surface area contributed by atoms with E-state index in [1.807, 2.05) is 0 Å². The lowest BCUT2D eigenvalue weighted by Crippen LogP contribution is -3.14. The van der Waals surface area contributed by atoms with Crippen LogP contribution in [0, 0.1) is 0 Å². The maximum absolute atomic E-state index is 12.1. The lowest BCUT2D eigenvalue weighted by Gasteiger charge is -2.19. The third-order valence-electron chi connectivity index (χ3n) is 4.15. The first-order valence-corrected chi connectivity index (χ1v) is 8.90. The molecule has 0 unspecified atom stereocenters. The number of benzene rings is 1. The predicted molar refractivity (Wildman–Crippen MR) is 96.5 cm³/mol. The van der Waals surface area contributed by atoms with E-state index in [-0.39, 0.29) is 12.3 Å². The summed E-state index contributed by atoms with van der Waals surface area (Å²) in [5.74, 6) is -1.81. The molecule has 0 aliphatic rings. The molecule has 0 saturated carbocycles. The largest absolute Gasteiger partial charge is 0.544 e. The first-order valence-electron chi connectivity index (χ1n) is 8.90. The van der Waals surface area contributed by atoms with E-state index < -0.39 is 17.9 Å². The van der Waals surface area contributed by atoms with Crippen LogP contribution in [0.2, 0.25) is 0 Å². The van der Waals surface area contributed by atoms with Crippen molar-refractivity contribution in [3.63, 3.8) is 0 Å². The number of rotatable bonds is 11. The second-order valence-corrected chi connectivity index (χ2v) is 6.17. The molecule has 0 radical (unpaired) electrons. The van der Waals surface area contributed by atoms with Gasteiger partial charge in [-0.15, -0.1) is 0 Å². The summed E-state index contributed by atoms with van der Waals surface area (Å²) in [5.41, 5.74) is 1.16. The molecule has 0 spiro atoms. The molecule has 1 aromatic rings. The van der Waals surface area contributed by atoms with Gasteiger partial charge in [-0.2, -0.15) is 0 Å². The Balaban J connectivity index is 2.51. The van der Waals surface area contributed by atoms with Gasteiger partial charge in [0.25, 0.3) is 0 Å². The molecular formula is C18H29N4O4+. The normalized spacial score (nSPS) is 11.8. The summed E-state index contributed by atoms with van der Waals surface area (Å²) < 4.78 is 0. The molecule has 2 amide bonds. The van der Waals surface area contributed by atoms with Crippen molar-refractivity contribution in [1.82, 2.24) is 0 Å². The van der Waals surface area contributed by atoms with Gasteiger partial charge in [-0.05, 0) is 38.1 Å². The van der Waals surface area contributed by atoms with Gasteiger partial charge in [-0.1, -0.05) is 0 Å². The van der Waals surface area contributed by atoms with E-state index in [0.717, 1.165) is 19.6 Å². The second-order valence-electron chi connectivity index (χ2n) is 6.17. The molecule has 1 atom stereocenters. The molecule has 8 nitrogen and oxygen atoms in total. The van der Waals surface area contributed by atoms with Crippen LogP contribution in [-0.4, -0.2) is 50.0 Å². The number of carbonyl (C=O) groups excluding carboxylic acids is 3. The summed E-state index contributed by atoms with van der Waals surface area (Å²) in [5, 5.41) is 18.2. The van der Waals surface area contributed by atoms with E-state index in [4.69, 9.17) is 0 Å². The number of hydrogen-bond donors (Lipinski definition) is 4.